The SMILES string of the molecule is C=CCn1c(C)nnc1SCc1ncc(C(C)(C)C)o1. The van der Waals surface area contributed by atoms with E-state index in [1.165, 1.54) is 0 Å². The van der Waals surface area contributed by atoms with Crippen LogP contribution in [0.25, 0.3) is 0 Å². The molecule has 0 unspecified atom stereocenters. The van der Waals surface area contributed by atoms with Gasteiger partial charge in [-0.2, -0.15) is 0 Å². The van der Waals surface area contributed by atoms with Crippen LogP contribution in [0.4, 0.5) is 0 Å². The van der Waals surface area contributed by atoms with Gasteiger partial charge in [0.25, 0.3) is 0 Å². The Bertz CT molecular complexity index is 595. The van der Waals surface area contributed by atoms with Crippen LogP contribution in [0.2, 0.25) is 0 Å². The van der Waals surface area contributed by atoms with Crippen molar-refractivity contribution in [3.8, 4) is 0 Å². The fourth-order valence-corrected chi connectivity index (χ4v) is 2.50. The molecule has 0 radical (unpaired) electrons. The van der Waals surface area contributed by atoms with E-state index in [1.54, 1.807) is 18.0 Å². The van der Waals surface area contributed by atoms with Crippen LogP contribution in [-0.4, -0.2) is 19.7 Å². The van der Waals surface area contributed by atoms with Crippen molar-refractivity contribution < 1.29 is 4.42 Å². The average Bonchev–Trinajstić information content (AvgIpc) is 2.96. The minimum atomic E-state index is -0.0185. The third kappa shape index (κ3) is 3.30. The van der Waals surface area contributed by atoms with Gasteiger partial charge in [-0.3, -0.25) is 0 Å². The van der Waals surface area contributed by atoms with E-state index in [1.807, 2.05) is 17.6 Å². The molecule has 0 aliphatic rings. The molecule has 0 saturated heterocycles. The number of thioether (sulfide) groups is 1. The van der Waals surface area contributed by atoms with Gasteiger partial charge >= 0.3 is 0 Å². The van der Waals surface area contributed by atoms with E-state index in [2.05, 4.69) is 42.5 Å². The van der Waals surface area contributed by atoms with E-state index in [-0.39, 0.29) is 5.41 Å². The Hall–Kier alpha value is -1.56. The van der Waals surface area contributed by atoms with Gasteiger partial charge in [0.1, 0.15) is 11.6 Å². The minimum Gasteiger partial charge on any atom is -0.444 e. The largest absolute Gasteiger partial charge is 0.444 e. The molecule has 0 saturated carbocycles. The summed E-state index contributed by atoms with van der Waals surface area (Å²) in [5.74, 6) is 3.14. The molecular weight excluding hydrogens is 272 g/mol. The Morgan fingerprint density at radius 3 is 2.75 bits per heavy atom. The molecule has 2 aromatic rings. The van der Waals surface area contributed by atoms with E-state index in [0.29, 0.717) is 18.2 Å². The zero-order valence-electron chi connectivity index (χ0n) is 12.4. The summed E-state index contributed by atoms with van der Waals surface area (Å²) in [4.78, 5) is 4.32. The van der Waals surface area contributed by atoms with Crippen molar-refractivity contribution in [2.75, 3.05) is 0 Å². The van der Waals surface area contributed by atoms with Gasteiger partial charge in [-0.05, 0) is 6.92 Å². The molecule has 0 amide bonds. The maximum atomic E-state index is 5.77. The first-order chi connectivity index (χ1) is 9.41. The van der Waals surface area contributed by atoms with E-state index < -0.39 is 0 Å². The van der Waals surface area contributed by atoms with Crippen LogP contribution in [0.15, 0.2) is 28.4 Å². The summed E-state index contributed by atoms with van der Waals surface area (Å²) >= 11 is 1.57. The normalized spacial score (nSPS) is 11.8. The lowest BCUT2D eigenvalue weighted by molar-refractivity contribution is 0.390. The maximum Gasteiger partial charge on any atom is 0.204 e. The van der Waals surface area contributed by atoms with Gasteiger partial charge in [0.05, 0.1) is 11.9 Å². The highest BCUT2D eigenvalue weighted by molar-refractivity contribution is 7.98. The molecule has 0 spiro atoms. The fraction of sp³-hybridized carbons (Fsp3) is 0.500. The van der Waals surface area contributed by atoms with Crippen LogP contribution in [0, 0.1) is 6.92 Å². The summed E-state index contributed by atoms with van der Waals surface area (Å²) in [6.07, 6.45) is 3.64. The molecule has 0 aliphatic heterocycles. The number of aryl methyl sites for hydroxylation is 1. The third-order valence-electron chi connectivity index (χ3n) is 2.83. The van der Waals surface area contributed by atoms with Crippen molar-refractivity contribution in [3.05, 3.63) is 36.3 Å². The second-order valence-electron chi connectivity index (χ2n) is 5.59. The second-order valence-corrected chi connectivity index (χ2v) is 6.53. The highest BCUT2D eigenvalue weighted by Crippen LogP contribution is 2.26. The van der Waals surface area contributed by atoms with Crippen molar-refractivity contribution >= 4 is 11.8 Å². The van der Waals surface area contributed by atoms with Crippen molar-refractivity contribution in [2.24, 2.45) is 0 Å². The molecule has 20 heavy (non-hydrogen) atoms. The van der Waals surface area contributed by atoms with Gasteiger partial charge in [0.15, 0.2) is 5.16 Å². The summed E-state index contributed by atoms with van der Waals surface area (Å²) in [6, 6.07) is 0. The molecule has 0 fully saturated rings. The molecule has 0 bridgehead atoms. The van der Waals surface area contributed by atoms with Gasteiger partial charge in [-0.25, -0.2) is 4.98 Å². The lowest BCUT2D eigenvalue weighted by atomic mass is 9.94. The Labute approximate surface area is 123 Å². The number of allylic oxidation sites excluding steroid dienone is 1. The highest BCUT2D eigenvalue weighted by atomic mass is 32.2. The quantitative estimate of drug-likeness (QED) is 0.625. The lowest BCUT2D eigenvalue weighted by Gasteiger charge is -2.13. The van der Waals surface area contributed by atoms with Gasteiger partial charge in [0.2, 0.25) is 5.89 Å². The Morgan fingerprint density at radius 1 is 1.40 bits per heavy atom. The van der Waals surface area contributed by atoms with Crippen molar-refractivity contribution in [1.82, 2.24) is 19.7 Å². The Morgan fingerprint density at radius 2 is 2.15 bits per heavy atom. The van der Waals surface area contributed by atoms with E-state index in [0.717, 1.165) is 16.7 Å². The van der Waals surface area contributed by atoms with Crippen LogP contribution in [0.5, 0.6) is 0 Å². The van der Waals surface area contributed by atoms with Crippen LogP contribution < -0.4 is 0 Å². The maximum absolute atomic E-state index is 5.77. The molecule has 6 heteroatoms. The van der Waals surface area contributed by atoms with Gasteiger partial charge in [-0.15, -0.1) is 16.8 Å². The number of rotatable bonds is 5. The molecule has 5 nitrogen and oxygen atoms in total. The Balaban J connectivity index is 2.05. The van der Waals surface area contributed by atoms with Crippen molar-refractivity contribution in [3.63, 3.8) is 0 Å². The monoisotopic (exact) mass is 292 g/mol. The van der Waals surface area contributed by atoms with Crippen molar-refractivity contribution in [2.45, 2.75) is 50.6 Å². The zero-order valence-corrected chi connectivity index (χ0v) is 13.2. The second kappa shape index (κ2) is 5.83. The van der Waals surface area contributed by atoms with Crippen LogP contribution in [0.1, 0.15) is 38.2 Å². The van der Waals surface area contributed by atoms with Crippen LogP contribution >= 0.6 is 11.8 Å². The minimum absolute atomic E-state index is 0.0185. The fourth-order valence-electron chi connectivity index (χ4n) is 1.66. The summed E-state index contributed by atoms with van der Waals surface area (Å²) in [7, 11) is 0. The summed E-state index contributed by atoms with van der Waals surface area (Å²) in [6.45, 7) is 12.7. The van der Waals surface area contributed by atoms with Gasteiger partial charge in [-0.1, -0.05) is 38.6 Å². The predicted molar refractivity (Wildman–Crippen MR) is 79.7 cm³/mol. The first-order valence-corrected chi connectivity index (χ1v) is 7.49. The van der Waals surface area contributed by atoms with Gasteiger partial charge in [0, 0.05) is 12.0 Å². The van der Waals surface area contributed by atoms with Gasteiger partial charge < -0.3 is 8.98 Å². The van der Waals surface area contributed by atoms with Crippen LogP contribution in [-0.2, 0) is 17.7 Å². The topological polar surface area (TPSA) is 56.7 Å². The van der Waals surface area contributed by atoms with Crippen molar-refractivity contribution in [1.29, 1.82) is 0 Å². The highest BCUT2D eigenvalue weighted by Gasteiger charge is 2.19. The van der Waals surface area contributed by atoms with E-state index >= 15 is 0 Å². The van der Waals surface area contributed by atoms with Crippen LogP contribution in [0.3, 0.4) is 0 Å². The smallest absolute Gasteiger partial charge is 0.204 e. The summed E-state index contributed by atoms with van der Waals surface area (Å²) < 4.78 is 7.79. The van der Waals surface area contributed by atoms with E-state index in [4.69, 9.17) is 4.42 Å². The molecular formula is C14H20N4OS. The first kappa shape index (κ1) is 14.8. The number of hydrogen-bond donors (Lipinski definition) is 0. The molecule has 0 aromatic carbocycles. The average molecular weight is 292 g/mol. The Kier molecular flexibility index (Phi) is 4.32. The molecule has 2 heterocycles. The number of hydrogen-bond acceptors (Lipinski definition) is 5. The first-order valence-electron chi connectivity index (χ1n) is 6.50. The molecule has 0 N–H and O–H groups in total. The number of oxazole rings is 1. The molecule has 2 aromatic heterocycles. The summed E-state index contributed by atoms with van der Waals surface area (Å²) in [5.41, 5.74) is -0.0185. The standard InChI is InChI=1S/C14H20N4OS/c1-6-7-18-10(2)16-17-13(18)20-9-12-15-8-11(19-12)14(3,4)5/h6,8H,1,7,9H2,2-5H3. The molecule has 2 rings (SSSR count). The molecule has 0 aliphatic carbocycles. The zero-order chi connectivity index (χ0) is 14.8. The summed E-state index contributed by atoms with van der Waals surface area (Å²) in [5, 5.41) is 9.11. The predicted octanol–water partition coefficient (Wildman–Crippen LogP) is 3.35. The molecule has 0 atom stereocenters. The third-order valence-corrected chi connectivity index (χ3v) is 3.78. The lowest BCUT2D eigenvalue weighted by Crippen LogP contribution is -2.09. The molecule has 108 valence electrons. The number of aromatic nitrogens is 4. The van der Waals surface area contributed by atoms with E-state index in [9.17, 15) is 0 Å². The number of nitrogens with zero attached hydrogens (tertiary/aromatic N) is 4.